The van der Waals surface area contributed by atoms with Gasteiger partial charge in [-0.25, -0.2) is 14.4 Å². The summed E-state index contributed by atoms with van der Waals surface area (Å²) in [5, 5.41) is 2.44. The molecule has 1 amide bonds. The zero-order valence-corrected chi connectivity index (χ0v) is 13.1. The van der Waals surface area contributed by atoms with E-state index in [1.54, 1.807) is 6.92 Å². The van der Waals surface area contributed by atoms with Crippen LogP contribution in [0, 0.1) is 0 Å². The van der Waals surface area contributed by atoms with E-state index in [0.29, 0.717) is 24.0 Å². The van der Waals surface area contributed by atoms with Crippen molar-refractivity contribution < 1.29 is 28.6 Å². The van der Waals surface area contributed by atoms with Gasteiger partial charge in [0.2, 0.25) is 0 Å². The predicted octanol–water partition coefficient (Wildman–Crippen LogP) is 1.73. The van der Waals surface area contributed by atoms with Gasteiger partial charge in [0, 0.05) is 11.1 Å². The van der Waals surface area contributed by atoms with Crippen LogP contribution in [0.25, 0.3) is 0 Å². The molecule has 0 aliphatic rings. The molecule has 0 aromatic rings. The van der Waals surface area contributed by atoms with Gasteiger partial charge in [-0.05, 0) is 26.7 Å². The Hall–Kier alpha value is -2.31. The van der Waals surface area contributed by atoms with Gasteiger partial charge in [0.15, 0.2) is 0 Å². The molecule has 22 heavy (non-hydrogen) atoms. The summed E-state index contributed by atoms with van der Waals surface area (Å²) < 4.78 is 14.6. The lowest BCUT2D eigenvalue weighted by Crippen LogP contribution is -2.29. The highest BCUT2D eigenvalue weighted by molar-refractivity contribution is 5.87. The summed E-state index contributed by atoms with van der Waals surface area (Å²) in [5.74, 6) is -0.928. The van der Waals surface area contributed by atoms with E-state index in [2.05, 4.69) is 18.5 Å². The molecular weight excluding hydrogens is 290 g/mol. The molecule has 7 nitrogen and oxygen atoms in total. The first-order valence-electron chi connectivity index (χ1n) is 6.90. The Morgan fingerprint density at radius 2 is 1.27 bits per heavy atom. The number of hydrogen-bond donors (Lipinski definition) is 1. The molecular formula is C15H23NO6. The molecule has 0 rings (SSSR count). The third-order valence-electron chi connectivity index (χ3n) is 2.31. The van der Waals surface area contributed by atoms with E-state index < -0.39 is 18.0 Å². The van der Waals surface area contributed by atoms with Crippen molar-refractivity contribution in [2.75, 3.05) is 26.4 Å². The highest BCUT2D eigenvalue weighted by Crippen LogP contribution is 1.96. The van der Waals surface area contributed by atoms with Crippen LogP contribution in [-0.4, -0.2) is 44.4 Å². The third-order valence-corrected chi connectivity index (χ3v) is 2.31. The van der Waals surface area contributed by atoms with Crippen LogP contribution in [0.5, 0.6) is 0 Å². The van der Waals surface area contributed by atoms with Crippen LogP contribution in [-0.2, 0) is 23.8 Å². The number of alkyl carbamates (subject to hydrolysis) is 1. The summed E-state index contributed by atoms with van der Waals surface area (Å²) in [5.41, 5.74) is 0.651. The number of unbranched alkanes of at least 4 members (excludes halogenated alkanes) is 1. The average molecular weight is 313 g/mol. The monoisotopic (exact) mass is 313 g/mol. The van der Waals surface area contributed by atoms with E-state index in [9.17, 15) is 14.4 Å². The van der Waals surface area contributed by atoms with Crippen molar-refractivity contribution in [1.29, 1.82) is 0 Å². The van der Waals surface area contributed by atoms with Crippen LogP contribution < -0.4 is 5.32 Å². The normalized spacial score (nSPS) is 9.55. The molecule has 0 aliphatic heterocycles. The summed E-state index contributed by atoms with van der Waals surface area (Å²) in [6.45, 7) is 10.7. The minimum Gasteiger partial charge on any atom is -0.462 e. The fourth-order valence-electron chi connectivity index (χ4n) is 1.13. The van der Waals surface area contributed by atoms with E-state index in [4.69, 9.17) is 14.2 Å². The molecule has 124 valence electrons. The molecule has 0 aromatic heterocycles. The summed E-state index contributed by atoms with van der Waals surface area (Å²) in [7, 11) is 0. The maximum absolute atomic E-state index is 11.3. The van der Waals surface area contributed by atoms with E-state index in [-0.39, 0.29) is 26.4 Å². The Labute approximate surface area is 130 Å². The van der Waals surface area contributed by atoms with Crippen LogP contribution >= 0.6 is 0 Å². The molecule has 0 saturated carbocycles. The Balaban J connectivity index is 3.47. The van der Waals surface area contributed by atoms with Crippen molar-refractivity contribution >= 4 is 18.0 Å². The molecule has 0 aliphatic carbocycles. The highest BCUT2D eigenvalue weighted by Gasteiger charge is 2.05. The molecule has 0 aromatic carbocycles. The largest absolute Gasteiger partial charge is 0.462 e. The highest BCUT2D eigenvalue weighted by atomic mass is 16.6. The van der Waals surface area contributed by atoms with E-state index >= 15 is 0 Å². The van der Waals surface area contributed by atoms with Gasteiger partial charge in [-0.1, -0.05) is 13.2 Å². The number of ether oxygens (including phenoxy) is 3. The molecule has 0 unspecified atom stereocenters. The van der Waals surface area contributed by atoms with Gasteiger partial charge in [0.25, 0.3) is 0 Å². The number of amides is 1. The van der Waals surface area contributed by atoms with Gasteiger partial charge in [-0.15, -0.1) is 0 Å². The Kier molecular flexibility index (Phi) is 10.2. The van der Waals surface area contributed by atoms with Gasteiger partial charge >= 0.3 is 18.0 Å². The second-order valence-electron chi connectivity index (χ2n) is 4.60. The van der Waals surface area contributed by atoms with E-state index in [0.717, 1.165) is 0 Å². The second kappa shape index (κ2) is 11.4. The van der Waals surface area contributed by atoms with E-state index in [1.165, 1.54) is 6.92 Å². The Morgan fingerprint density at radius 3 is 1.77 bits per heavy atom. The maximum Gasteiger partial charge on any atom is 0.407 e. The second-order valence-corrected chi connectivity index (χ2v) is 4.60. The number of hydrogen-bond acceptors (Lipinski definition) is 6. The lowest BCUT2D eigenvalue weighted by atomic mass is 10.3. The summed E-state index contributed by atoms with van der Waals surface area (Å²) in [6, 6.07) is 0. The Morgan fingerprint density at radius 1 is 0.818 bits per heavy atom. The number of nitrogens with one attached hydrogen (secondary N) is 1. The van der Waals surface area contributed by atoms with Crippen LogP contribution in [0.3, 0.4) is 0 Å². The van der Waals surface area contributed by atoms with E-state index in [1.807, 2.05) is 0 Å². The van der Waals surface area contributed by atoms with Gasteiger partial charge in [0.05, 0.1) is 19.8 Å². The maximum atomic E-state index is 11.3. The molecule has 0 atom stereocenters. The van der Waals surface area contributed by atoms with Crippen molar-refractivity contribution in [2.24, 2.45) is 0 Å². The van der Waals surface area contributed by atoms with Gasteiger partial charge < -0.3 is 19.5 Å². The number of carbonyl (C=O) groups is 3. The van der Waals surface area contributed by atoms with Gasteiger partial charge in [-0.2, -0.15) is 0 Å². The van der Waals surface area contributed by atoms with Gasteiger partial charge in [0.1, 0.15) is 6.61 Å². The number of esters is 2. The SMILES string of the molecule is C=C(C)C(=O)OCCCCOC(=O)NCCOC(=O)C(=C)C. The smallest absolute Gasteiger partial charge is 0.407 e. The van der Waals surface area contributed by atoms with Crippen LogP contribution in [0.1, 0.15) is 26.7 Å². The molecule has 0 bridgehead atoms. The molecule has 0 spiro atoms. The minimum absolute atomic E-state index is 0.0532. The first-order valence-corrected chi connectivity index (χ1v) is 6.90. The summed E-state index contributed by atoms with van der Waals surface area (Å²) in [6.07, 6.45) is 0.564. The van der Waals surface area contributed by atoms with Crippen molar-refractivity contribution in [3.8, 4) is 0 Å². The molecule has 0 saturated heterocycles. The lowest BCUT2D eigenvalue weighted by Gasteiger charge is -2.08. The first kappa shape index (κ1) is 19.7. The molecule has 1 N–H and O–H groups in total. The van der Waals surface area contributed by atoms with Crippen molar-refractivity contribution in [3.05, 3.63) is 24.3 Å². The minimum atomic E-state index is -0.592. The quantitative estimate of drug-likeness (QED) is 0.286. The van der Waals surface area contributed by atoms with Crippen LogP contribution in [0.2, 0.25) is 0 Å². The Bertz CT molecular complexity index is 430. The molecule has 0 fully saturated rings. The fraction of sp³-hybridized carbons (Fsp3) is 0.533. The molecule has 7 heteroatoms. The molecule has 0 heterocycles. The van der Waals surface area contributed by atoms with Crippen molar-refractivity contribution in [3.63, 3.8) is 0 Å². The number of carbonyl (C=O) groups excluding carboxylic acids is 3. The van der Waals surface area contributed by atoms with Crippen molar-refractivity contribution in [1.82, 2.24) is 5.32 Å². The lowest BCUT2D eigenvalue weighted by molar-refractivity contribution is -0.139. The van der Waals surface area contributed by atoms with Crippen LogP contribution in [0.15, 0.2) is 24.3 Å². The average Bonchev–Trinajstić information content (AvgIpc) is 2.46. The zero-order chi connectivity index (χ0) is 17.0. The topological polar surface area (TPSA) is 90.9 Å². The standard InChI is InChI=1S/C15H23NO6/c1-11(2)13(17)20-8-5-6-9-22-15(19)16-7-10-21-14(18)12(3)4/h1,3,5-10H2,2,4H3,(H,16,19). The summed E-state index contributed by atoms with van der Waals surface area (Å²) in [4.78, 5) is 33.4. The fourth-order valence-corrected chi connectivity index (χ4v) is 1.13. The van der Waals surface area contributed by atoms with Crippen LogP contribution in [0.4, 0.5) is 4.79 Å². The third kappa shape index (κ3) is 10.5. The van der Waals surface area contributed by atoms with Crippen molar-refractivity contribution in [2.45, 2.75) is 26.7 Å². The molecule has 0 radical (unpaired) electrons. The predicted molar refractivity (Wildman–Crippen MR) is 80.1 cm³/mol. The summed E-state index contributed by atoms with van der Waals surface area (Å²) >= 11 is 0. The zero-order valence-electron chi connectivity index (χ0n) is 13.1. The van der Waals surface area contributed by atoms with Gasteiger partial charge in [-0.3, -0.25) is 0 Å². The first-order chi connectivity index (χ1) is 10.3. The number of rotatable bonds is 10.